The van der Waals surface area contributed by atoms with Crippen LogP contribution in [0.5, 0.6) is 5.75 Å². The van der Waals surface area contributed by atoms with E-state index in [-0.39, 0.29) is 0 Å². The lowest BCUT2D eigenvalue weighted by atomic mass is 10.2. The van der Waals surface area contributed by atoms with Crippen molar-refractivity contribution >= 4 is 30.2 Å². The van der Waals surface area contributed by atoms with E-state index in [1.54, 1.807) is 22.7 Å². The number of aromatic nitrogens is 3. The second-order valence-electron chi connectivity index (χ2n) is 5.11. The van der Waals surface area contributed by atoms with Crippen molar-refractivity contribution < 1.29 is 4.74 Å². The highest BCUT2D eigenvalue weighted by Gasteiger charge is 2.13. The predicted octanol–water partition coefficient (Wildman–Crippen LogP) is 4.61. The van der Waals surface area contributed by atoms with E-state index in [1.807, 2.05) is 43.3 Å². The number of ether oxygens (including phenoxy) is 1. The standard InChI is InChI=1S/C18H18N4OS2/c1-3-23-16-7-5-4-6-15(16)17-20-21-18(24)22(17)19-12-13-8-10-14(25-2)11-9-13/h4-12H,3H2,1-2H3,(H,21,24)/b19-12-. The quantitative estimate of drug-likeness (QED) is 0.391. The summed E-state index contributed by atoms with van der Waals surface area (Å²) in [5, 5.41) is 11.6. The molecular formula is C18H18N4OS2. The van der Waals surface area contributed by atoms with Crippen molar-refractivity contribution in [2.24, 2.45) is 5.10 Å². The van der Waals surface area contributed by atoms with Gasteiger partial charge in [0.2, 0.25) is 4.77 Å². The van der Waals surface area contributed by atoms with Crippen molar-refractivity contribution in [3.05, 3.63) is 58.9 Å². The maximum Gasteiger partial charge on any atom is 0.216 e. The molecule has 0 aliphatic rings. The molecule has 5 nitrogen and oxygen atoms in total. The molecular weight excluding hydrogens is 352 g/mol. The molecule has 0 unspecified atom stereocenters. The zero-order valence-electron chi connectivity index (χ0n) is 14.0. The average molecular weight is 371 g/mol. The fourth-order valence-corrected chi connectivity index (χ4v) is 2.91. The van der Waals surface area contributed by atoms with Crippen molar-refractivity contribution in [3.8, 4) is 17.1 Å². The molecule has 1 aromatic heterocycles. The average Bonchev–Trinajstić information content (AvgIpc) is 3.01. The fourth-order valence-electron chi connectivity index (χ4n) is 2.32. The van der Waals surface area contributed by atoms with Gasteiger partial charge in [0.05, 0.1) is 18.4 Å². The lowest BCUT2D eigenvalue weighted by Gasteiger charge is -2.08. The van der Waals surface area contributed by atoms with Gasteiger partial charge in [0.25, 0.3) is 0 Å². The topological polar surface area (TPSA) is 55.2 Å². The van der Waals surface area contributed by atoms with Crippen molar-refractivity contribution in [1.82, 2.24) is 14.9 Å². The fraction of sp³-hybridized carbons (Fsp3) is 0.167. The molecule has 25 heavy (non-hydrogen) atoms. The highest BCUT2D eigenvalue weighted by atomic mass is 32.2. The van der Waals surface area contributed by atoms with Gasteiger partial charge in [0, 0.05) is 4.90 Å². The molecule has 1 heterocycles. The van der Waals surface area contributed by atoms with Crippen LogP contribution in [0.2, 0.25) is 0 Å². The van der Waals surface area contributed by atoms with Crippen molar-refractivity contribution in [2.45, 2.75) is 11.8 Å². The van der Waals surface area contributed by atoms with Crippen LogP contribution in [0.4, 0.5) is 0 Å². The van der Waals surface area contributed by atoms with E-state index in [0.29, 0.717) is 17.2 Å². The first kappa shape index (κ1) is 17.4. The molecule has 0 radical (unpaired) electrons. The van der Waals surface area contributed by atoms with Crippen LogP contribution in [0.15, 0.2) is 58.5 Å². The molecule has 0 fully saturated rings. The molecule has 0 spiro atoms. The van der Waals surface area contributed by atoms with E-state index in [1.165, 1.54) is 4.90 Å². The normalized spacial score (nSPS) is 11.1. The molecule has 3 aromatic rings. The van der Waals surface area contributed by atoms with Crippen molar-refractivity contribution in [2.75, 3.05) is 12.9 Å². The van der Waals surface area contributed by atoms with Crippen LogP contribution >= 0.6 is 24.0 Å². The summed E-state index contributed by atoms with van der Waals surface area (Å²) in [6.45, 7) is 2.53. The van der Waals surface area contributed by atoms with E-state index in [9.17, 15) is 0 Å². The second kappa shape index (κ2) is 8.13. The highest BCUT2D eigenvalue weighted by molar-refractivity contribution is 7.98. The number of benzene rings is 2. The minimum Gasteiger partial charge on any atom is -0.493 e. The van der Waals surface area contributed by atoms with E-state index in [2.05, 4.69) is 33.7 Å². The molecule has 128 valence electrons. The largest absolute Gasteiger partial charge is 0.493 e. The van der Waals surface area contributed by atoms with Gasteiger partial charge in [-0.15, -0.1) is 11.8 Å². The Morgan fingerprint density at radius 1 is 1.24 bits per heavy atom. The lowest BCUT2D eigenvalue weighted by Crippen LogP contribution is -1.99. The monoisotopic (exact) mass is 370 g/mol. The Balaban J connectivity index is 1.97. The van der Waals surface area contributed by atoms with Crippen LogP contribution in [-0.2, 0) is 0 Å². The van der Waals surface area contributed by atoms with Crippen LogP contribution in [0.1, 0.15) is 12.5 Å². The lowest BCUT2D eigenvalue weighted by molar-refractivity contribution is 0.341. The number of hydrogen-bond acceptors (Lipinski definition) is 5. The molecule has 0 saturated heterocycles. The maximum atomic E-state index is 5.69. The third kappa shape index (κ3) is 4.00. The van der Waals surface area contributed by atoms with Crippen molar-refractivity contribution in [3.63, 3.8) is 0 Å². The summed E-state index contributed by atoms with van der Waals surface area (Å²) in [5.74, 6) is 1.37. The van der Waals surface area contributed by atoms with Crippen LogP contribution in [0.3, 0.4) is 0 Å². The van der Waals surface area contributed by atoms with Gasteiger partial charge in [0.1, 0.15) is 5.75 Å². The summed E-state index contributed by atoms with van der Waals surface area (Å²) in [5.41, 5.74) is 1.83. The smallest absolute Gasteiger partial charge is 0.216 e. The van der Waals surface area contributed by atoms with Gasteiger partial charge in [-0.3, -0.25) is 0 Å². The Hall–Kier alpha value is -2.38. The van der Waals surface area contributed by atoms with Crippen LogP contribution in [0, 0.1) is 4.77 Å². The molecule has 2 aromatic carbocycles. The Morgan fingerprint density at radius 3 is 2.72 bits per heavy atom. The Bertz CT molecular complexity index is 929. The van der Waals surface area contributed by atoms with Gasteiger partial charge in [-0.1, -0.05) is 24.3 Å². The van der Waals surface area contributed by atoms with E-state index >= 15 is 0 Å². The van der Waals surface area contributed by atoms with Crippen molar-refractivity contribution in [1.29, 1.82) is 0 Å². The number of para-hydroxylation sites is 1. The number of nitrogens with one attached hydrogen (secondary N) is 1. The Morgan fingerprint density at radius 2 is 2.00 bits per heavy atom. The molecule has 0 aliphatic carbocycles. The number of thioether (sulfide) groups is 1. The summed E-state index contributed by atoms with van der Waals surface area (Å²) in [7, 11) is 0. The molecule has 3 rings (SSSR count). The number of H-pyrrole nitrogens is 1. The van der Waals surface area contributed by atoms with Crippen LogP contribution < -0.4 is 4.74 Å². The van der Waals surface area contributed by atoms with Gasteiger partial charge in [-0.05, 0) is 55.2 Å². The molecule has 1 N–H and O–H groups in total. The molecule has 0 amide bonds. The van der Waals surface area contributed by atoms with E-state index < -0.39 is 0 Å². The summed E-state index contributed by atoms with van der Waals surface area (Å²) in [6, 6.07) is 15.9. The summed E-state index contributed by atoms with van der Waals surface area (Å²) >= 11 is 7.03. The minimum atomic E-state index is 0.429. The molecule has 0 bridgehead atoms. The maximum absolute atomic E-state index is 5.69. The first-order valence-corrected chi connectivity index (χ1v) is 9.44. The predicted molar refractivity (Wildman–Crippen MR) is 105 cm³/mol. The van der Waals surface area contributed by atoms with E-state index in [0.717, 1.165) is 16.9 Å². The summed E-state index contributed by atoms with van der Waals surface area (Å²) < 4.78 is 7.72. The third-order valence-electron chi connectivity index (χ3n) is 3.52. The number of aromatic amines is 1. The second-order valence-corrected chi connectivity index (χ2v) is 6.38. The molecule has 0 atom stereocenters. The zero-order valence-corrected chi connectivity index (χ0v) is 15.6. The zero-order chi connectivity index (χ0) is 17.6. The number of nitrogens with zero attached hydrogens (tertiary/aromatic N) is 3. The number of hydrogen-bond donors (Lipinski definition) is 1. The minimum absolute atomic E-state index is 0.429. The Kier molecular flexibility index (Phi) is 5.67. The van der Waals surface area contributed by atoms with Gasteiger partial charge in [0.15, 0.2) is 5.82 Å². The molecule has 0 aliphatic heterocycles. The van der Waals surface area contributed by atoms with E-state index in [4.69, 9.17) is 17.0 Å². The first-order chi connectivity index (χ1) is 12.2. The number of rotatable bonds is 6. The van der Waals surface area contributed by atoms with Gasteiger partial charge in [-0.25, -0.2) is 5.10 Å². The van der Waals surface area contributed by atoms with Crippen LogP contribution in [-0.4, -0.2) is 34.0 Å². The summed E-state index contributed by atoms with van der Waals surface area (Å²) in [4.78, 5) is 1.21. The van der Waals surface area contributed by atoms with Gasteiger partial charge in [-0.2, -0.15) is 14.9 Å². The van der Waals surface area contributed by atoms with Crippen LogP contribution in [0.25, 0.3) is 11.4 Å². The Labute approximate surface area is 155 Å². The van der Waals surface area contributed by atoms with Gasteiger partial charge < -0.3 is 4.74 Å². The first-order valence-electron chi connectivity index (χ1n) is 7.81. The molecule has 0 saturated carbocycles. The highest BCUT2D eigenvalue weighted by Crippen LogP contribution is 2.28. The molecule has 7 heteroatoms. The SMILES string of the molecule is CCOc1ccccc1-c1n[nH]c(=S)n1/N=C\c1ccc(SC)cc1. The van der Waals surface area contributed by atoms with Gasteiger partial charge >= 0.3 is 0 Å². The third-order valence-corrected chi connectivity index (χ3v) is 4.52. The summed E-state index contributed by atoms with van der Waals surface area (Å²) in [6.07, 6.45) is 3.82.